The van der Waals surface area contributed by atoms with Gasteiger partial charge in [-0.3, -0.25) is 10.1 Å². The summed E-state index contributed by atoms with van der Waals surface area (Å²) in [7, 11) is 1.83. The molecule has 0 aromatic heterocycles. The van der Waals surface area contributed by atoms with E-state index >= 15 is 0 Å². The highest BCUT2D eigenvalue weighted by Gasteiger charge is 2.21. The van der Waals surface area contributed by atoms with Crippen LogP contribution in [0.25, 0.3) is 0 Å². The Morgan fingerprint density at radius 3 is 2.95 bits per heavy atom. The fourth-order valence-electron chi connectivity index (χ4n) is 2.56. The van der Waals surface area contributed by atoms with Crippen molar-refractivity contribution < 1.29 is 4.92 Å². The summed E-state index contributed by atoms with van der Waals surface area (Å²) in [6.45, 7) is 1.70. The number of nitro groups is 1. The third-order valence-electron chi connectivity index (χ3n) is 3.62. The highest BCUT2D eigenvalue weighted by molar-refractivity contribution is 5.65. The first-order valence-corrected chi connectivity index (χ1v) is 6.75. The monoisotopic (exact) mass is 274 g/mol. The Morgan fingerprint density at radius 1 is 1.55 bits per heavy atom. The number of nitrogens with one attached hydrogen (secondary N) is 1. The van der Waals surface area contributed by atoms with Gasteiger partial charge in [-0.25, -0.2) is 0 Å². The zero-order valence-corrected chi connectivity index (χ0v) is 11.5. The van der Waals surface area contributed by atoms with E-state index in [0.29, 0.717) is 23.8 Å². The molecular formula is C14H18N4O2. The molecule has 2 rings (SSSR count). The lowest BCUT2D eigenvalue weighted by molar-refractivity contribution is -0.384. The lowest BCUT2D eigenvalue weighted by Gasteiger charge is -2.29. The molecule has 20 heavy (non-hydrogen) atoms. The number of piperidine rings is 1. The summed E-state index contributed by atoms with van der Waals surface area (Å²) in [5, 5.41) is 23.5. The van der Waals surface area contributed by atoms with Gasteiger partial charge in [0.15, 0.2) is 0 Å². The molecule has 0 saturated carbocycles. The Hall–Kier alpha value is -2.13. The maximum Gasteiger partial charge on any atom is 0.292 e. The molecule has 0 bridgehead atoms. The van der Waals surface area contributed by atoms with E-state index < -0.39 is 4.92 Å². The van der Waals surface area contributed by atoms with Crippen molar-refractivity contribution in [3.05, 3.63) is 33.9 Å². The van der Waals surface area contributed by atoms with Crippen molar-refractivity contribution in [2.45, 2.75) is 25.3 Å². The van der Waals surface area contributed by atoms with Crippen molar-refractivity contribution >= 4 is 11.4 Å². The van der Waals surface area contributed by atoms with Gasteiger partial charge >= 0.3 is 0 Å². The molecule has 1 aromatic rings. The first-order chi connectivity index (χ1) is 9.61. The maximum atomic E-state index is 11.1. The van der Waals surface area contributed by atoms with E-state index in [9.17, 15) is 10.1 Å². The second kappa shape index (κ2) is 6.35. The van der Waals surface area contributed by atoms with E-state index in [-0.39, 0.29) is 5.69 Å². The average molecular weight is 274 g/mol. The first kappa shape index (κ1) is 14.3. The van der Waals surface area contributed by atoms with Crippen LogP contribution in [0.5, 0.6) is 0 Å². The van der Waals surface area contributed by atoms with E-state index in [1.54, 1.807) is 6.07 Å². The minimum atomic E-state index is -0.402. The van der Waals surface area contributed by atoms with E-state index in [0.717, 1.165) is 13.0 Å². The highest BCUT2D eigenvalue weighted by Crippen LogP contribution is 2.28. The van der Waals surface area contributed by atoms with Crippen LogP contribution in [-0.4, -0.2) is 31.1 Å². The van der Waals surface area contributed by atoms with Gasteiger partial charge in [-0.1, -0.05) is 6.42 Å². The van der Waals surface area contributed by atoms with Crippen molar-refractivity contribution in [1.82, 2.24) is 5.32 Å². The molecule has 1 saturated heterocycles. The third kappa shape index (κ3) is 3.25. The van der Waals surface area contributed by atoms with Crippen LogP contribution in [0.4, 0.5) is 11.4 Å². The van der Waals surface area contributed by atoms with Crippen LogP contribution >= 0.6 is 0 Å². The number of benzene rings is 1. The van der Waals surface area contributed by atoms with Crippen LogP contribution in [0.15, 0.2) is 18.2 Å². The SMILES string of the molecule is CN(CC1CCCCN1)c1cc(C#N)ccc1[N+](=O)[O-]. The van der Waals surface area contributed by atoms with Gasteiger partial charge in [0.1, 0.15) is 5.69 Å². The number of nitrogens with zero attached hydrogens (tertiary/aromatic N) is 3. The molecule has 0 amide bonds. The van der Waals surface area contributed by atoms with E-state index in [1.807, 2.05) is 18.0 Å². The standard InChI is InChI=1S/C14H18N4O2/c1-17(10-12-4-2-3-7-16-12)14-8-11(9-15)5-6-13(14)18(19)20/h5-6,8,12,16H,2-4,7,10H2,1H3. The molecule has 1 aliphatic rings. The van der Waals surface area contributed by atoms with Crippen LogP contribution in [0, 0.1) is 21.4 Å². The molecule has 6 nitrogen and oxygen atoms in total. The summed E-state index contributed by atoms with van der Waals surface area (Å²) in [6, 6.07) is 6.84. The van der Waals surface area contributed by atoms with E-state index in [4.69, 9.17) is 5.26 Å². The minimum Gasteiger partial charge on any atom is -0.367 e. The van der Waals surface area contributed by atoms with Crippen molar-refractivity contribution in [3.63, 3.8) is 0 Å². The summed E-state index contributed by atoms with van der Waals surface area (Å²) < 4.78 is 0. The first-order valence-electron chi connectivity index (χ1n) is 6.75. The summed E-state index contributed by atoms with van der Waals surface area (Å²) >= 11 is 0. The van der Waals surface area contributed by atoms with Gasteiger partial charge in [-0.15, -0.1) is 0 Å². The van der Waals surface area contributed by atoms with Crippen molar-refractivity contribution in [1.29, 1.82) is 5.26 Å². The number of likely N-dealkylation sites (N-methyl/N-ethyl adjacent to an activating group) is 1. The largest absolute Gasteiger partial charge is 0.367 e. The molecule has 0 spiro atoms. The molecule has 1 aliphatic heterocycles. The molecular weight excluding hydrogens is 256 g/mol. The lowest BCUT2D eigenvalue weighted by atomic mass is 10.0. The minimum absolute atomic E-state index is 0.0438. The molecule has 1 aromatic carbocycles. The average Bonchev–Trinajstić information content (AvgIpc) is 2.47. The summed E-state index contributed by atoms with van der Waals surface area (Å²) in [5.41, 5.74) is 0.984. The van der Waals surface area contributed by atoms with Crippen molar-refractivity contribution in [2.75, 3.05) is 25.0 Å². The van der Waals surface area contributed by atoms with Gasteiger partial charge in [0.25, 0.3) is 5.69 Å². The van der Waals surface area contributed by atoms with Gasteiger partial charge in [-0.05, 0) is 31.5 Å². The van der Waals surface area contributed by atoms with Gasteiger partial charge < -0.3 is 10.2 Å². The van der Waals surface area contributed by atoms with Gasteiger partial charge in [0, 0.05) is 25.7 Å². The van der Waals surface area contributed by atoms with Crippen LogP contribution in [0.3, 0.4) is 0 Å². The van der Waals surface area contributed by atoms with Gasteiger partial charge in [-0.2, -0.15) is 5.26 Å². The molecule has 1 heterocycles. The van der Waals surface area contributed by atoms with Gasteiger partial charge in [0.05, 0.1) is 16.6 Å². The number of nitro benzene ring substituents is 1. The van der Waals surface area contributed by atoms with Crippen LogP contribution < -0.4 is 10.2 Å². The fourth-order valence-corrected chi connectivity index (χ4v) is 2.56. The fraction of sp³-hybridized carbons (Fsp3) is 0.500. The van der Waals surface area contributed by atoms with Gasteiger partial charge in [0.2, 0.25) is 0 Å². The smallest absolute Gasteiger partial charge is 0.292 e. The molecule has 0 radical (unpaired) electrons. The summed E-state index contributed by atoms with van der Waals surface area (Å²) in [5.74, 6) is 0. The quantitative estimate of drug-likeness (QED) is 0.671. The van der Waals surface area contributed by atoms with E-state index in [2.05, 4.69) is 5.32 Å². The number of hydrogen-bond donors (Lipinski definition) is 1. The lowest BCUT2D eigenvalue weighted by Crippen LogP contribution is -2.42. The molecule has 1 N–H and O–H groups in total. The second-order valence-electron chi connectivity index (χ2n) is 5.10. The van der Waals surface area contributed by atoms with Crippen molar-refractivity contribution in [2.24, 2.45) is 0 Å². The van der Waals surface area contributed by atoms with Crippen LogP contribution in [0.1, 0.15) is 24.8 Å². The molecule has 1 unspecified atom stereocenters. The number of nitriles is 1. The molecule has 1 fully saturated rings. The third-order valence-corrected chi connectivity index (χ3v) is 3.62. The topological polar surface area (TPSA) is 82.2 Å². The molecule has 6 heteroatoms. The number of hydrogen-bond acceptors (Lipinski definition) is 5. The number of anilines is 1. The maximum absolute atomic E-state index is 11.1. The zero-order chi connectivity index (χ0) is 14.5. The Kier molecular flexibility index (Phi) is 4.53. The summed E-state index contributed by atoms with van der Waals surface area (Å²) in [4.78, 5) is 12.6. The Balaban J connectivity index is 2.20. The Labute approximate surface area is 118 Å². The highest BCUT2D eigenvalue weighted by atomic mass is 16.6. The molecule has 106 valence electrons. The summed E-state index contributed by atoms with van der Waals surface area (Å²) in [6.07, 6.45) is 3.45. The number of rotatable bonds is 4. The molecule has 0 aliphatic carbocycles. The van der Waals surface area contributed by atoms with Crippen LogP contribution in [-0.2, 0) is 0 Å². The Morgan fingerprint density at radius 2 is 2.35 bits per heavy atom. The second-order valence-corrected chi connectivity index (χ2v) is 5.10. The van der Waals surface area contributed by atoms with Crippen molar-refractivity contribution in [3.8, 4) is 6.07 Å². The normalized spacial score (nSPS) is 18.3. The molecule has 1 atom stereocenters. The Bertz CT molecular complexity index is 532. The van der Waals surface area contributed by atoms with Crippen LogP contribution in [0.2, 0.25) is 0 Å². The predicted molar refractivity (Wildman–Crippen MR) is 76.7 cm³/mol. The zero-order valence-electron chi connectivity index (χ0n) is 11.5. The predicted octanol–water partition coefficient (Wildman–Crippen LogP) is 2.04. The van der Waals surface area contributed by atoms with E-state index in [1.165, 1.54) is 25.0 Å².